The van der Waals surface area contributed by atoms with E-state index in [2.05, 4.69) is 15.2 Å². The summed E-state index contributed by atoms with van der Waals surface area (Å²) in [5, 5.41) is 2.91. The third kappa shape index (κ3) is 4.66. The maximum Gasteiger partial charge on any atom is 0.273 e. The molecule has 1 aromatic heterocycles. The summed E-state index contributed by atoms with van der Waals surface area (Å²) in [6, 6.07) is 6.96. The number of nitrogens with zero attached hydrogens (tertiary/aromatic N) is 2. The molecular formula is C19H22FN3O2. The summed E-state index contributed by atoms with van der Waals surface area (Å²) in [5.74, 6) is 0.828. The highest BCUT2D eigenvalue weighted by atomic mass is 19.1. The lowest BCUT2D eigenvalue weighted by atomic mass is 10.2. The molecule has 0 saturated heterocycles. The number of aromatic nitrogens is 1. The Morgan fingerprint density at radius 2 is 2.12 bits per heavy atom. The van der Waals surface area contributed by atoms with Gasteiger partial charge in [0.05, 0.1) is 6.54 Å². The number of hydrogen-bond acceptors (Lipinski definition) is 4. The van der Waals surface area contributed by atoms with E-state index >= 15 is 0 Å². The van der Waals surface area contributed by atoms with Gasteiger partial charge in [0.2, 0.25) is 5.89 Å². The van der Waals surface area contributed by atoms with Crippen LogP contribution in [-0.4, -0.2) is 28.4 Å². The standard InChI is InChI=1S/C19H22FN3O2/c20-15-3-1-2-14(8-15)10-23(9-13-4-5-13)11-18-22-17(12-25-18)19(24)21-16-6-7-16/h1-3,8,12-13,16H,4-7,9-11H2,(H,21,24). The van der Waals surface area contributed by atoms with E-state index in [1.54, 1.807) is 12.1 Å². The lowest BCUT2D eigenvalue weighted by Crippen LogP contribution is -2.27. The lowest BCUT2D eigenvalue weighted by molar-refractivity contribution is 0.0946. The molecule has 2 aliphatic rings. The quantitative estimate of drug-likeness (QED) is 0.800. The van der Waals surface area contributed by atoms with Crippen molar-refractivity contribution in [3.8, 4) is 0 Å². The van der Waals surface area contributed by atoms with E-state index in [1.165, 1.54) is 25.2 Å². The van der Waals surface area contributed by atoms with Crippen LogP contribution in [0.15, 0.2) is 34.9 Å². The third-order valence-corrected chi connectivity index (χ3v) is 4.56. The minimum Gasteiger partial charge on any atom is -0.447 e. The molecule has 2 aromatic rings. The molecule has 1 heterocycles. The van der Waals surface area contributed by atoms with E-state index in [0.29, 0.717) is 36.6 Å². The lowest BCUT2D eigenvalue weighted by Gasteiger charge is -2.20. The fourth-order valence-electron chi connectivity index (χ4n) is 2.91. The molecule has 5 nitrogen and oxygen atoms in total. The van der Waals surface area contributed by atoms with Gasteiger partial charge in [-0.1, -0.05) is 12.1 Å². The second kappa shape index (κ2) is 6.96. The minimum absolute atomic E-state index is 0.170. The summed E-state index contributed by atoms with van der Waals surface area (Å²) in [5.41, 5.74) is 1.26. The van der Waals surface area contributed by atoms with Gasteiger partial charge >= 0.3 is 0 Å². The molecule has 1 amide bonds. The summed E-state index contributed by atoms with van der Waals surface area (Å²) in [7, 11) is 0. The number of oxazole rings is 1. The summed E-state index contributed by atoms with van der Waals surface area (Å²) >= 11 is 0. The van der Waals surface area contributed by atoms with Gasteiger partial charge in [-0.15, -0.1) is 0 Å². The number of benzene rings is 1. The summed E-state index contributed by atoms with van der Waals surface area (Å²) in [4.78, 5) is 18.6. The maximum absolute atomic E-state index is 13.4. The molecule has 1 aromatic carbocycles. The van der Waals surface area contributed by atoms with E-state index in [4.69, 9.17) is 4.42 Å². The van der Waals surface area contributed by atoms with Crippen molar-refractivity contribution >= 4 is 5.91 Å². The summed E-state index contributed by atoms with van der Waals surface area (Å²) < 4.78 is 18.9. The Balaban J connectivity index is 1.41. The first-order valence-electron chi connectivity index (χ1n) is 8.88. The molecular weight excluding hydrogens is 321 g/mol. The molecule has 0 unspecified atom stereocenters. The van der Waals surface area contributed by atoms with Crippen molar-refractivity contribution < 1.29 is 13.6 Å². The molecule has 6 heteroatoms. The van der Waals surface area contributed by atoms with Gasteiger partial charge in [0.15, 0.2) is 5.69 Å². The molecule has 132 valence electrons. The minimum atomic E-state index is -0.223. The summed E-state index contributed by atoms with van der Waals surface area (Å²) in [6.07, 6.45) is 5.98. The van der Waals surface area contributed by atoms with Gasteiger partial charge in [-0.25, -0.2) is 9.37 Å². The van der Waals surface area contributed by atoms with Gasteiger partial charge in [0, 0.05) is 19.1 Å². The van der Waals surface area contributed by atoms with Crippen molar-refractivity contribution in [3.63, 3.8) is 0 Å². The van der Waals surface area contributed by atoms with E-state index in [1.807, 2.05) is 6.07 Å². The predicted molar refractivity (Wildman–Crippen MR) is 90.2 cm³/mol. The van der Waals surface area contributed by atoms with E-state index in [-0.39, 0.29) is 11.7 Å². The van der Waals surface area contributed by atoms with Crippen LogP contribution < -0.4 is 5.32 Å². The fourth-order valence-corrected chi connectivity index (χ4v) is 2.91. The third-order valence-electron chi connectivity index (χ3n) is 4.56. The van der Waals surface area contributed by atoms with Crippen LogP contribution in [0.5, 0.6) is 0 Å². The number of rotatable bonds is 8. The van der Waals surface area contributed by atoms with Crippen molar-refractivity contribution in [2.24, 2.45) is 5.92 Å². The van der Waals surface area contributed by atoms with E-state index in [9.17, 15) is 9.18 Å². The van der Waals surface area contributed by atoms with Crippen molar-refractivity contribution in [3.05, 3.63) is 53.5 Å². The number of hydrogen-bond donors (Lipinski definition) is 1. The monoisotopic (exact) mass is 343 g/mol. The van der Waals surface area contributed by atoms with Gasteiger partial charge in [-0.2, -0.15) is 0 Å². The molecule has 2 fully saturated rings. The highest BCUT2D eigenvalue weighted by molar-refractivity contribution is 5.92. The average Bonchev–Trinajstić information content (AvgIpc) is 3.49. The Bertz CT molecular complexity index is 753. The first-order chi connectivity index (χ1) is 12.2. The number of amides is 1. The molecule has 0 spiro atoms. The summed E-state index contributed by atoms with van der Waals surface area (Å²) in [6.45, 7) is 2.09. The second-order valence-electron chi connectivity index (χ2n) is 7.12. The van der Waals surface area contributed by atoms with Crippen LogP contribution in [0.2, 0.25) is 0 Å². The number of carbonyl (C=O) groups is 1. The van der Waals surface area contributed by atoms with Gasteiger partial charge in [0.25, 0.3) is 5.91 Å². The Labute approximate surface area is 146 Å². The van der Waals surface area contributed by atoms with Gasteiger partial charge in [-0.3, -0.25) is 9.69 Å². The van der Waals surface area contributed by atoms with E-state index in [0.717, 1.165) is 24.9 Å². The SMILES string of the molecule is O=C(NC1CC1)c1coc(CN(Cc2cccc(F)c2)CC2CC2)n1. The predicted octanol–water partition coefficient (Wildman–Crippen LogP) is 3.12. The van der Waals surface area contributed by atoms with Gasteiger partial charge in [0.1, 0.15) is 12.1 Å². The van der Waals surface area contributed by atoms with Crippen LogP contribution in [0.4, 0.5) is 4.39 Å². The average molecular weight is 343 g/mol. The number of nitrogens with one attached hydrogen (secondary N) is 1. The van der Waals surface area contributed by atoms with Crippen LogP contribution in [0, 0.1) is 11.7 Å². The number of halogens is 1. The second-order valence-corrected chi connectivity index (χ2v) is 7.12. The molecule has 0 radical (unpaired) electrons. The first kappa shape index (κ1) is 16.3. The molecule has 4 rings (SSSR count). The largest absolute Gasteiger partial charge is 0.447 e. The Morgan fingerprint density at radius 3 is 2.84 bits per heavy atom. The van der Waals surface area contributed by atoms with E-state index < -0.39 is 0 Å². The van der Waals surface area contributed by atoms with Crippen LogP contribution in [-0.2, 0) is 13.1 Å². The fraction of sp³-hybridized carbons (Fsp3) is 0.474. The molecule has 1 N–H and O–H groups in total. The topological polar surface area (TPSA) is 58.4 Å². The zero-order valence-corrected chi connectivity index (χ0v) is 14.1. The highest BCUT2D eigenvalue weighted by Gasteiger charge is 2.27. The van der Waals surface area contributed by atoms with Crippen molar-refractivity contribution in [2.45, 2.75) is 44.8 Å². The van der Waals surface area contributed by atoms with Crippen molar-refractivity contribution in [1.29, 1.82) is 0 Å². The molecule has 0 bridgehead atoms. The Hall–Kier alpha value is -2.21. The normalized spacial score (nSPS) is 17.0. The van der Waals surface area contributed by atoms with Crippen LogP contribution in [0.3, 0.4) is 0 Å². The van der Waals surface area contributed by atoms with Crippen LogP contribution >= 0.6 is 0 Å². The Morgan fingerprint density at radius 1 is 1.28 bits per heavy atom. The number of carbonyl (C=O) groups excluding carboxylic acids is 1. The van der Waals surface area contributed by atoms with Crippen LogP contribution in [0.25, 0.3) is 0 Å². The smallest absolute Gasteiger partial charge is 0.273 e. The first-order valence-corrected chi connectivity index (χ1v) is 8.88. The molecule has 2 saturated carbocycles. The maximum atomic E-state index is 13.4. The Kier molecular flexibility index (Phi) is 4.53. The molecule has 25 heavy (non-hydrogen) atoms. The zero-order valence-electron chi connectivity index (χ0n) is 14.1. The van der Waals surface area contributed by atoms with Crippen molar-refractivity contribution in [1.82, 2.24) is 15.2 Å². The van der Waals surface area contributed by atoms with Gasteiger partial charge in [-0.05, 0) is 49.3 Å². The molecule has 0 atom stereocenters. The van der Waals surface area contributed by atoms with Crippen LogP contribution in [0.1, 0.15) is 47.6 Å². The van der Waals surface area contributed by atoms with Crippen molar-refractivity contribution in [2.75, 3.05) is 6.54 Å². The highest BCUT2D eigenvalue weighted by Crippen LogP contribution is 2.30. The molecule has 2 aliphatic carbocycles. The zero-order chi connectivity index (χ0) is 17.2. The molecule has 0 aliphatic heterocycles. The van der Waals surface area contributed by atoms with Gasteiger partial charge < -0.3 is 9.73 Å².